The van der Waals surface area contributed by atoms with Gasteiger partial charge in [0.2, 0.25) is 0 Å². The normalized spacial score (nSPS) is 10.1. The highest BCUT2D eigenvalue weighted by Gasteiger charge is 1.89. The summed E-state index contributed by atoms with van der Waals surface area (Å²) in [5.41, 5.74) is 3.51. The summed E-state index contributed by atoms with van der Waals surface area (Å²) in [7, 11) is 1.71. The lowest BCUT2D eigenvalue weighted by Crippen LogP contribution is -2.28. The number of hydrazone groups is 1. The van der Waals surface area contributed by atoms with Gasteiger partial charge in [-0.25, -0.2) is 0 Å². The maximum Gasteiger partial charge on any atom is 0.186 e. The van der Waals surface area contributed by atoms with Crippen molar-refractivity contribution in [3.8, 4) is 5.75 Å². The smallest absolute Gasteiger partial charge is 0.186 e. The number of phenols is 1. The maximum atomic E-state index is 9.02. The van der Waals surface area contributed by atoms with E-state index in [1.54, 1.807) is 37.5 Å². The molecule has 0 atom stereocenters. The molecule has 0 aliphatic heterocycles. The average Bonchev–Trinajstić information content (AvgIpc) is 2.21. The van der Waals surface area contributed by atoms with Crippen LogP contribution in [0.3, 0.4) is 0 Å². The van der Waals surface area contributed by atoms with E-state index in [4.69, 9.17) is 17.3 Å². The first-order valence-corrected chi connectivity index (χ1v) is 4.43. The SMILES string of the molecule is CNC(=S)N/N=C\c1ccc(O)cc1. The number of hydrogen-bond donors (Lipinski definition) is 3. The van der Waals surface area contributed by atoms with Gasteiger partial charge in [-0.2, -0.15) is 5.10 Å². The van der Waals surface area contributed by atoms with E-state index in [0.717, 1.165) is 5.56 Å². The van der Waals surface area contributed by atoms with Crippen LogP contribution in [0, 0.1) is 0 Å². The molecule has 1 aromatic rings. The first-order valence-electron chi connectivity index (χ1n) is 4.02. The van der Waals surface area contributed by atoms with Crippen molar-refractivity contribution in [2.24, 2.45) is 5.10 Å². The van der Waals surface area contributed by atoms with E-state index in [1.807, 2.05) is 0 Å². The van der Waals surface area contributed by atoms with Crippen molar-refractivity contribution in [2.75, 3.05) is 7.05 Å². The van der Waals surface area contributed by atoms with Crippen molar-refractivity contribution >= 4 is 23.5 Å². The molecule has 0 bridgehead atoms. The van der Waals surface area contributed by atoms with Gasteiger partial charge in [0, 0.05) is 7.05 Å². The van der Waals surface area contributed by atoms with Crippen LogP contribution in [0.4, 0.5) is 0 Å². The summed E-state index contributed by atoms with van der Waals surface area (Å²) in [5.74, 6) is 0.237. The number of nitrogens with zero attached hydrogens (tertiary/aromatic N) is 1. The molecule has 0 aliphatic rings. The van der Waals surface area contributed by atoms with E-state index in [-0.39, 0.29) is 5.75 Å². The summed E-state index contributed by atoms with van der Waals surface area (Å²) in [6.07, 6.45) is 1.61. The summed E-state index contributed by atoms with van der Waals surface area (Å²) >= 11 is 4.82. The second kappa shape index (κ2) is 5.18. The molecule has 0 heterocycles. The second-order valence-electron chi connectivity index (χ2n) is 2.54. The Kier molecular flexibility index (Phi) is 3.87. The summed E-state index contributed by atoms with van der Waals surface area (Å²) in [5, 5.41) is 16.1. The molecule has 0 unspecified atom stereocenters. The van der Waals surface area contributed by atoms with Crippen LogP contribution in [0.1, 0.15) is 5.56 Å². The van der Waals surface area contributed by atoms with Gasteiger partial charge in [0.1, 0.15) is 5.75 Å². The third-order valence-corrected chi connectivity index (χ3v) is 1.80. The number of hydrogen-bond acceptors (Lipinski definition) is 3. The van der Waals surface area contributed by atoms with Crippen LogP contribution < -0.4 is 10.7 Å². The quantitative estimate of drug-likeness (QED) is 0.383. The third-order valence-electron chi connectivity index (χ3n) is 1.50. The minimum atomic E-state index is 0.237. The fourth-order valence-corrected chi connectivity index (χ4v) is 0.834. The number of phenolic OH excluding ortho intramolecular Hbond substituents is 1. The number of aromatic hydroxyl groups is 1. The van der Waals surface area contributed by atoms with Crippen LogP contribution >= 0.6 is 12.2 Å². The van der Waals surface area contributed by atoms with Gasteiger partial charge in [0.15, 0.2) is 5.11 Å². The topological polar surface area (TPSA) is 56.7 Å². The van der Waals surface area contributed by atoms with Gasteiger partial charge in [-0.1, -0.05) is 0 Å². The molecule has 0 spiro atoms. The fraction of sp³-hybridized carbons (Fsp3) is 0.111. The first-order chi connectivity index (χ1) is 6.72. The predicted molar refractivity (Wildman–Crippen MR) is 60.5 cm³/mol. The zero-order valence-electron chi connectivity index (χ0n) is 7.69. The number of benzene rings is 1. The highest BCUT2D eigenvalue weighted by molar-refractivity contribution is 7.80. The zero-order chi connectivity index (χ0) is 10.4. The van der Waals surface area contributed by atoms with Crippen molar-refractivity contribution in [3.05, 3.63) is 29.8 Å². The van der Waals surface area contributed by atoms with Gasteiger partial charge >= 0.3 is 0 Å². The van der Waals surface area contributed by atoms with Crippen LogP contribution in [-0.2, 0) is 0 Å². The molecule has 74 valence electrons. The van der Waals surface area contributed by atoms with E-state index in [0.29, 0.717) is 5.11 Å². The lowest BCUT2D eigenvalue weighted by atomic mass is 10.2. The van der Waals surface area contributed by atoms with Crippen molar-refractivity contribution in [3.63, 3.8) is 0 Å². The van der Waals surface area contributed by atoms with Crippen LogP contribution in [0.2, 0.25) is 0 Å². The highest BCUT2D eigenvalue weighted by Crippen LogP contribution is 2.07. The van der Waals surface area contributed by atoms with E-state index in [9.17, 15) is 0 Å². The highest BCUT2D eigenvalue weighted by atomic mass is 32.1. The Hall–Kier alpha value is -1.62. The monoisotopic (exact) mass is 209 g/mol. The molecule has 3 N–H and O–H groups in total. The standard InChI is InChI=1S/C9H11N3OS/c1-10-9(14)12-11-6-7-2-4-8(13)5-3-7/h2-6,13H,1H3,(H2,10,12,14)/b11-6-. The Balaban J connectivity index is 2.52. The summed E-state index contributed by atoms with van der Waals surface area (Å²) in [6.45, 7) is 0. The second-order valence-corrected chi connectivity index (χ2v) is 2.95. The van der Waals surface area contributed by atoms with E-state index in [1.165, 1.54) is 0 Å². The Labute approximate surface area is 87.6 Å². The summed E-state index contributed by atoms with van der Waals surface area (Å²) < 4.78 is 0. The van der Waals surface area contributed by atoms with Gasteiger partial charge in [0.25, 0.3) is 0 Å². The molecule has 0 aliphatic carbocycles. The largest absolute Gasteiger partial charge is 0.508 e. The van der Waals surface area contributed by atoms with Gasteiger partial charge < -0.3 is 10.4 Å². The summed E-state index contributed by atoms with van der Waals surface area (Å²) in [6, 6.07) is 6.70. The van der Waals surface area contributed by atoms with Crippen LogP contribution in [0.25, 0.3) is 0 Å². The van der Waals surface area contributed by atoms with Crippen molar-refractivity contribution in [2.45, 2.75) is 0 Å². The Morgan fingerprint density at radius 3 is 2.64 bits per heavy atom. The fourth-order valence-electron chi connectivity index (χ4n) is 0.782. The molecule has 1 rings (SSSR count). The molecule has 1 aromatic carbocycles. The molecule has 0 fully saturated rings. The molecule has 0 saturated carbocycles. The Morgan fingerprint density at radius 1 is 1.43 bits per heavy atom. The van der Waals surface area contributed by atoms with Gasteiger partial charge in [-0.05, 0) is 42.0 Å². The molecular formula is C9H11N3OS. The maximum absolute atomic E-state index is 9.02. The van der Waals surface area contributed by atoms with E-state index >= 15 is 0 Å². The van der Waals surface area contributed by atoms with E-state index < -0.39 is 0 Å². The Bertz CT molecular complexity index is 334. The molecule has 0 saturated heterocycles. The van der Waals surface area contributed by atoms with Crippen molar-refractivity contribution in [1.29, 1.82) is 0 Å². The lowest BCUT2D eigenvalue weighted by Gasteiger charge is -1.99. The van der Waals surface area contributed by atoms with E-state index in [2.05, 4.69) is 15.8 Å². The van der Waals surface area contributed by atoms with Gasteiger partial charge in [-0.15, -0.1) is 0 Å². The first kappa shape index (κ1) is 10.5. The molecule has 14 heavy (non-hydrogen) atoms. The number of thiocarbonyl (C=S) groups is 1. The number of nitrogens with one attached hydrogen (secondary N) is 2. The lowest BCUT2D eigenvalue weighted by molar-refractivity contribution is 0.475. The minimum Gasteiger partial charge on any atom is -0.508 e. The molecule has 0 aromatic heterocycles. The predicted octanol–water partition coefficient (Wildman–Crippen LogP) is 0.820. The average molecular weight is 209 g/mol. The summed E-state index contributed by atoms with van der Waals surface area (Å²) in [4.78, 5) is 0. The molecule has 0 amide bonds. The van der Waals surface area contributed by atoms with Crippen LogP contribution in [-0.4, -0.2) is 23.5 Å². The van der Waals surface area contributed by atoms with Crippen LogP contribution in [0.15, 0.2) is 29.4 Å². The third kappa shape index (κ3) is 3.40. The molecule has 4 nitrogen and oxygen atoms in total. The Morgan fingerprint density at radius 2 is 2.07 bits per heavy atom. The molecule has 5 heteroatoms. The van der Waals surface area contributed by atoms with Crippen molar-refractivity contribution in [1.82, 2.24) is 10.7 Å². The van der Waals surface area contributed by atoms with Crippen molar-refractivity contribution < 1.29 is 5.11 Å². The van der Waals surface area contributed by atoms with Crippen LogP contribution in [0.5, 0.6) is 5.75 Å². The number of rotatable bonds is 2. The zero-order valence-corrected chi connectivity index (χ0v) is 8.51. The minimum absolute atomic E-state index is 0.237. The molecule has 0 radical (unpaired) electrons. The molecular weight excluding hydrogens is 198 g/mol. The van der Waals surface area contributed by atoms with Gasteiger partial charge in [0.05, 0.1) is 6.21 Å². The van der Waals surface area contributed by atoms with Gasteiger partial charge in [-0.3, -0.25) is 5.43 Å².